The fraction of sp³-hybridized carbons (Fsp3) is 0.364. The van der Waals surface area contributed by atoms with Gasteiger partial charge in [-0.2, -0.15) is 10.2 Å². The zero-order chi connectivity index (χ0) is 25.3. The highest BCUT2D eigenvalue weighted by Crippen LogP contribution is 2.35. The molecular formula is C22H22ClF2IN5O3P. The molecule has 186 valence electrons. The van der Waals surface area contributed by atoms with E-state index >= 15 is 0 Å². The molecule has 1 aliphatic heterocycles. The highest BCUT2D eigenvalue weighted by molar-refractivity contribution is 14.2. The van der Waals surface area contributed by atoms with Crippen LogP contribution >= 0.6 is 40.0 Å². The maximum Gasteiger partial charge on any atom is 0.359 e. The van der Waals surface area contributed by atoms with Gasteiger partial charge in [-0.15, -0.1) is 0 Å². The van der Waals surface area contributed by atoms with Gasteiger partial charge in [0.2, 0.25) is 0 Å². The summed E-state index contributed by atoms with van der Waals surface area (Å²) in [7, 11) is 0. The third-order valence-electron chi connectivity index (χ3n) is 5.92. The molecule has 2 aromatic heterocycles. The van der Waals surface area contributed by atoms with Crippen LogP contribution in [0.2, 0.25) is 5.02 Å². The summed E-state index contributed by atoms with van der Waals surface area (Å²) in [6.07, 6.45) is -0.535. The number of esters is 1. The van der Waals surface area contributed by atoms with Gasteiger partial charge >= 0.3 is 5.97 Å². The standard InChI is InChI=1S/C22H22ClF2IN5O3P/c1-3-34-22(33)19-15-11-29(17-10-27-31(35-26)21(32)18(17)23)9-8-16(15)30(28-19)12(2)13-6-4-5-7-14(13)20(24)25/h4-7,10,12,20,35H,3,8-9,11H2,1-2H3. The van der Waals surface area contributed by atoms with E-state index in [0.29, 0.717) is 29.8 Å². The van der Waals surface area contributed by atoms with Gasteiger partial charge in [0.05, 0.1) is 30.9 Å². The van der Waals surface area contributed by atoms with Gasteiger partial charge in [0.1, 0.15) is 5.02 Å². The number of aromatic nitrogens is 4. The molecule has 0 amide bonds. The van der Waals surface area contributed by atoms with Crippen LogP contribution in [-0.4, -0.2) is 38.5 Å². The van der Waals surface area contributed by atoms with Crippen molar-refractivity contribution >= 4 is 51.7 Å². The Morgan fingerprint density at radius 3 is 2.69 bits per heavy atom. The average Bonchev–Trinajstić information content (AvgIpc) is 3.24. The van der Waals surface area contributed by atoms with Crippen LogP contribution in [0.3, 0.4) is 0 Å². The number of carbonyl (C=O) groups excluding carboxylic acids is 1. The number of ether oxygens (including phenoxy) is 1. The third-order valence-corrected chi connectivity index (χ3v) is 8.13. The van der Waals surface area contributed by atoms with Crippen LogP contribution in [0.5, 0.6) is 0 Å². The van der Waals surface area contributed by atoms with E-state index in [2.05, 4.69) is 10.2 Å². The largest absolute Gasteiger partial charge is 0.461 e. The lowest BCUT2D eigenvalue weighted by Gasteiger charge is -2.30. The molecule has 0 N–H and O–H groups in total. The molecule has 0 saturated heterocycles. The first-order valence-corrected chi connectivity index (χ1v) is 15.3. The Labute approximate surface area is 219 Å². The number of carbonyl (C=O) groups is 1. The summed E-state index contributed by atoms with van der Waals surface area (Å²) < 4.78 is 35.5. The fourth-order valence-corrected chi connectivity index (χ4v) is 5.90. The first-order chi connectivity index (χ1) is 16.8. The lowest BCUT2D eigenvalue weighted by molar-refractivity contribution is 0.0517. The topological polar surface area (TPSA) is 82.2 Å². The summed E-state index contributed by atoms with van der Waals surface area (Å²) in [6.45, 7) is 4.36. The zero-order valence-corrected chi connectivity index (χ0v) is 22.8. The Kier molecular flexibility index (Phi) is 8.07. The van der Waals surface area contributed by atoms with Crippen LogP contribution in [0.1, 0.15) is 59.2 Å². The summed E-state index contributed by atoms with van der Waals surface area (Å²) in [5.41, 5.74) is 1.93. The van der Waals surface area contributed by atoms with E-state index in [1.54, 1.807) is 36.7 Å². The molecule has 2 unspecified atom stereocenters. The molecular weight excluding hydrogens is 614 g/mol. The third kappa shape index (κ3) is 4.95. The Bertz CT molecular complexity index is 1320. The first kappa shape index (κ1) is 26.0. The van der Waals surface area contributed by atoms with E-state index in [0.717, 1.165) is 5.69 Å². The maximum absolute atomic E-state index is 13.7. The number of hydrogen-bond donors (Lipinski definition) is 0. The van der Waals surface area contributed by atoms with Gasteiger partial charge in [0.15, 0.2) is 5.69 Å². The quantitative estimate of drug-likeness (QED) is 0.203. The summed E-state index contributed by atoms with van der Waals surface area (Å²) in [4.78, 5) is 27.1. The van der Waals surface area contributed by atoms with Gasteiger partial charge in [0, 0.05) is 36.3 Å². The van der Waals surface area contributed by atoms with Crippen molar-refractivity contribution in [3.05, 3.63) is 73.9 Å². The van der Waals surface area contributed by atoms with Gasteiger partial charge < -0.3 is 9.64 Å². The van der Waals surface area contributed by atoms with Crippen LogP contribution in [-0.2, 0) is 17.7 Å². The van der Waals surface area contributed by atoms with E-state index in [9.17, 15) is 18.4 Å². The maximum atomic E-state index is 13.7. The van der Waals surface area contributed by atoms with Crippen LogP contribution in [0.25, 0.3) is 0 Å². The minimum Gasteiger partial charge on any atom is -0.461 e. The summed E-state index contributed by atoms with van der Waals surface area (Å²) >= 11 is 8.42. The van der Waals surface area contributed by atoms with E-state index in [4.69, 9.17) is 16.3 Å². The number of fused-ring (bicyclic) bond motifs is 1. The SMILES string of the molecule is CCOC(=O)c1nn(C(C)c2ccccc2C(F)F)c2c1CN(c1cnn(PI)c(=O)c1Cl)CC2. The minimum absolute atomic E-state index is 0.0527. The van der Waals surface area contributed by atoms with Crippen molar-refractivity contribution in [3.8, 4) is 0 Å². The van der Waals surface area contributed by atoms with Crippen molar-refractivity contribution in [1.82, 2.24) is 19.3 Å². The van der Waals surface area contributed by atoms with Crippen molar-refractivity contribution in [2.24, 2.45) is 0 Å². The number of hydrogen-bond acceptors (Lipinski definition) is 6. The number of alkyl halides is 2. The van der Waals surface area contributed by atoms with E-state index in [1.807, 2.05) is 26.9 Å². The molecule has 0 spiro atoms. The lowest BCUT2D eigenvalue weighted by atomic mass is 10.00. The fourth-order valence-electron chi connectivity index (χ4n) is 4.26. The molecule has 1 aromatic carbocycles. The lowest BCUT2D eigenvalue weighted by Crippen LogP contribution is -2.34. The predicted octanol–water partition coefficient (Wildman–Crippen LogP) is 5.17. The van der Waals surface area contributed by atoms with Crippen molar-refractivity contribution in [1.29, 1.82) is 0 Å². The zero-order valence-electron chi connectivity index (χ0n) is 18.8. The molecule has 0 fully saturated rings. The number of rotatable bonds is 7. The first-order valence-electron chi connectivity index (χ1n) is 10.8. The molecule has 4 rings (SSSR count). The van der Waals surface area contributed by atoms with Crippen molar-refractivity contribution in [3.63, 3.8) is 0 Å². The molecule has 0 saturated carbocycles. The monoisotopic (exact) mass is 635 g/mol. The van der Waals surface area contributed by atoms with E-state index < -0.39 is 18.4 Å². The highest BCUT2D eigenvalue weighted by atomic mass is 127. The Morgan fingerprint density at radius 1 is 1.31 bits per heavy atom. The van der Waals surface area contributed by atoms with Gasteiger partial charge in [-0.05, 0) is 41.5 Å². The summed E-state index contributed by atoms with van der Waals surface area (Å²) in [5, 5.41) is 8.77. The average molecular weight is 636 g/mol. The number of anilines is 1. The molecule has 0 aliphatic carbocycles. The van der Waals surface area contributed by atoms with E-state index in [1.165, 1.54) is 16.7 Å². The predicted molar refractivity (Wildman–Crippen MR) is 139 cm³/mol. The Morgan fingerprint density at radius 2 is 2.03 bits per heavy atom. The van der Waals surface area contributed by atoms with Crippen molar-refractivity contribution in [2.75, 3.05) is 18.1 Å². The molecule has 0 radical (unpaired) electrons. The number of halogens is 4. The molecule has 8 nitrogen and oxygen atoms in total. The van der Waals surface area contributed by atoms with Crippen LogP contribution in [0.15, 0.2) is 35.3 Å². The molecule has 13 heteroatoms. The summed E-state index contributed by atoms with van der Waals surface area (Å²) in [5.74, 6) is -0.593. The van der Waals surface area contributed by atoms with Crippen molar-refractivity contribution < 1.29 is 18.3 Å². The van der Waals surface area contributed by atoms with Crippen LogP contribution < -0.4 is 10.5 Å². The second-order valence-electron chi connectivity index (χ2n) is 7.86. The second-order valence-corrected chi connectivity index (χ2v) is 10.3. The normalized spacial score (nSPS) is 14.5. The molecule has 3 heterocycles. The number of benzene rings is 1. The van der Waals surface area contributed by atoms with E-state index in [-0.39, 0.29) is 41.4 Å². The number of nitrogens with zero attached hydrogens (tertiary/aromatic N) is 5. The highest BCUT2D eigenvalue weighted by Gasteiger charge is 2.32. The smallest absolute Gasteiger partial charge is 0.359 e. The molecule has 0 bridgehead atoms. The Balaban J connectivity index is 1.78. The molecule has 1 aliphatic rings. The summed E-state index contributed by atoms with van der Waals surface area (Å²) in [6, 6.07) is 5.78. The Hall–Kier alpha value is -2.11. The second kappa shape index (κ2) is 10.9. The van der Waals surface area contributed by atoms with Gasteiger partial charge in [0.25, 0.3) is 12.0 Å². The van der Waals surface area contributed by atoms with Crippen LogP contribution in [0.4, 0.5) is 14.5 Å². The van der Waals surface area contributed by atoms with Gasteiger partial charge in [-0.1, -0.05) is 35.9 Å². The molecule has 35 heavy (non-hydrogen) atoms. The minimum atomic E-state index is -2.64. The van der Waals surface area contributed by atoms with Gasteiger partial charge in [-0.3, -0.25) is 9.48 Å². The van der Waals surface area contributed by atoms with Crippen molar-refractivity contribution in [2.45, 2.75) is 39.3 Å². The van der Waals surface area contributed by atoms with Gasteiger partial charge in [-0.25, -0.2) is 18.0 Å². The molecule has 2 atom stereocenters. The molecule has 3 aromatic rings. The van der Waals surface area contributed by atoms with Crippen LogP contribution in [0, 0.1) is 0 Å².